The van der Waals surface area contributed by atoms with Crippen molar-refractivity contribution in [2.24, 2.45) is 0 Å². The molecule has 0 fully saturated rings. The molecule has 0 amide bonds. The molecular formula is C15H16F3NO. The third kappa shape index (κ3) is 3.63. The van der Waals surface area contributed by atoms with Gasteiger partial charge in [0.25, 0.3) is 0 Å². The third-order valence-electron chi connectivity index (χ3n) is 2.94. The molecule has 0 saturated carbocycles. The number of rotatable bonds is 5. The maximum Gasteiger partial charge on any atom is 0.422 e. The second-order valence-electron chi connectivity index (χ2n) is 4.45. The summed E-state index contributed by atoms with van der Waals surface area (Å²) in [6, 6.07) is 11.0. The molecule has 0 bridgehead atoms. The van der Waals surface area contributed by atoms with Crippen LogP contribution in [0.5, 0.6) is 5.75 Å². The summed E-state index contributed by atoms with van der Waals surface area (Å²) in [7, 11) is 0. The van der Waals surface area contributed by atoms with Gasteiger partial charge in [0.2, 0.25) is 0 Å². The zero-order valence-corrected chi connectivity index (χ0v) is 11.1. The number of nitrogens with one attached hydrogen (secondary N) is 1. The lowest BCUT2D eigenvalue weighted by atomic mass is 10.0. The average molecular weight is 283 g/mol. The molecule has 5 heteroatoms. The highest BCUT2D eigenvalue weighted by Gasteiger charge is 2.28. The fraction of sp³-hybridized carbons (Fsp3) is 0.333. The molecular weight excluding hydrogens is 267 g/mol. The van der Waals surface area contributed by atoms with Crippen molar-refractivity contribution in [1.29, 1.82) is 0 Å². The summed E-state index contributed by atoms with van der Waals surface area (Å²) < 4.78 is 41.8. The van der Waals surface area contributed by atoms with E-state index in [4.69, 9.17) is 4.74 Å². The summed E-state index contributed by atoms with van der Waals surface area (Å²) >= 11 is 0. The predicted octanol–water partition coefficient (Wildman–Crippen LogP) is 3.89. The van der Waals surface area contributed by atoms with Crippen molar-refractivity contribution in [2.45, 2.75) is 19.6 Å². The van der Waals surface area contributed by atoms with E-state index >= 15 is 0 Å². The van der Waals surface area contributed by atoms with Gasteiger partial charge < -0.3 is 10.1 Å². The smallest absolute Gasteiger partial charge is 0.422 e. The van der Waals surface area contributed by atoms with Gasteiger partial charge in [-0.15, -0.1) is 0 Å². The van der Waals surface area contributed by atoms with Crippen LogP contribution in [0.3, 0.4) is 0 Å². The second kappa shape index (κ2) is 6.13. The van der Waals surface area contributed by atoms with E-state index in [0.717, 1.165) is 22.9 Å². The van der Waals surface area contributed by atoms with Gasteiger partial charge in [0.1, 0.15) is 5.75 Å². The van der Waals surface area contributed by atoms with Gasteiger partial charge in [-0.2, -0.15) is 13.2 Å². The summed E-state index contributed by atoms with van der Waals surface area (Å²) in [4.78, 5) is 0. The SMILES string of the molecule is CCNCc1c(OCC(F)(F)F)ccc2ccccc12. The number of fused-ring (bicyclic) bond motifs is 1. The molecule has 0 aromatic heterocycles. The molecule has 0 aliphatic rings. The van der Waals surface area contributed by atoms with Gasteiger partial charge in [-0.05, 0) is 23.4 Å². The minimum absolute atomic E-state index is 0.280. The molecule has 2 aromatic carbocycles. The summed E-state index contributed by atoms with van der Waals surface area (Å²) in [5, 5.41) is 5.03. The van der Waals surface area contributed by atoms with Crippen LogP contribution in [0.15, 0.2) is 36.4 Å². The van der Waals surface area contributed by atoms with Crippen molar-refractivity contribution >= 4 is 10.8 Å². The lowest BCUT2D eigenvalue weighted by molar-refractivity contribution is -0.153. The van der Waals surface area contributed by atoms with E-state index in [2.05, 4.69) is 5.32 Å². The molecule has 0 radical (unpaired) electrons. The quantitative estimate of drug-likeness (QED) is 0.899. The number of alkyl halides is 3. The first kappa shape index (κ1) is 14.7. The van der Waals surface area contributed by atoms with E-state index in [1.54, 1.807) is 12.1 Å². The summed E-state index contributed by atoms with van der Waals surface area (Å²) in [6.07, 6.45) is -4.33. The van der Waals surface area contributed by atoms with Gasteiger partial charge in [-0.25, -0.2) is 0 Å². The second-order valence-corrected chi connectivity index (χ2v) is 4.45. The Balaban J connectivity index is 2.36. The van der Waals surface area contributed by atoms with Crippen LogP contribution in [0.25, 0.3) is 10.8 Å². The number of hydrogen-bond donors (Lipinski definition) is 1. The number of hydrogen-bond acceptors (Lipinski definition) is 2. The molecule has 0 aliphatic heterocycles. The Hall–Kier alpha value is -1.75. The first-order valence-corrected chi connectivity index (χ1v) is 6.42. The summed E-state index contributed by atoms with van der Waals surface area (Å²) in [5.74, 6) is 0.280. The molecule has 0 aliphatic carbocycles. The van der Waals surface area contributed by atoms with Crippen LogP contribution in [0.2, 0.25) is 0 Å². The molecule has 0 atom stereocenters. The van der Waals surface area contributed by atoms with Crippen molar-refractivity contribution in [2.75, 3.05) is 13.2 Å². The van der Waals surface area contributed by atoms with Crippen molar-refractivity contribution < 1.29 is 17.9 Å². The van der Waals surface area contributed by atoms with Crippen LogP contribution in [0.4, 0.5) is 13.2 Å². The molecule has 20 heavy (non-hydrogen) atoms. The highest BCUT2D eigenvalue weighted by Crippen LogP contribution is 2.29. The Morgan fingerprint density at radius 1 is 1.10 bits per heavy atom. The minimum Gasteiger partial charge on any atom is -0.484 e. The molecule has 2 rings (SSSR count). The highest BCUT2D eigenvalue weighted by atomic mass is 19.4. The number of halogens is 3. The normalized spacial score (nSPS) is 11.8. The highest BCUT2D eigenvalue weighted by molar-refractivity contribution is 5.87. The van der Waals surface area contributed by atoms with Gasteiger partial charge in [0, 0.05) is 12.1 Å². The predicted molar refractivity (Wildman–Crippen MR) is 72.9 cm³/mol. The van der Waals surface area contributed by atoms with Crippen molar-refractivity contribution in [1.82, 2.24) is 5.32 Å². The molecule has 0 saturated heterocycles. The zero-order chi connectivity index (χ0) is 14.6. The van der Waals surface area contributed by atoms with Crippen LogP contribution >= 0.6 is 0 Å². The first-order chi connectivity index (χ1) is 9.51. The fourth-order valence-electron chi connectivity index (χ4n) is 2.04. The monoisotopic (exact) mass is 283 g/mol. The van der Waals surface area contributed by atoms with E-state index in [1.807, 2.05) is 31.2 Å². The largest absolute Gasteiger partial charge is 0.484 e. The Bertz CT molecular complexity index is 581. The van der Waals surface area contributed by atoms with Crippen LogP contribution in [0, 0.1) is 0 Å². The standard InChI is InChI=1S/C15H16F3NO/c1-2-19-9-13-12-6-4-3-5-11(12)7-8-14(13)20-10-15(16,17)18/h3-8,19H,2,9-10H2,1H3. The molecule has 2 aromatic rings. The van der Waals surface area contributed by atoms with E-state index in [-0.39, 0.29) is 5.75 Å². The van der Waals surface area contributed by atoms with Crippen LogP contribution in [-0.4, -0.2) is 19.3 Å². The molecule has 1 N–H and O–H groups in total. The van der Waals surface area contributed by atoms with Gasteiger partial charge >= 0.3 is 6.18 Å². The van der Waals surface area contributed by atoms with E-state index < -0.39 is 12.8 Å². The van der Waals surface area contributed by atoms with Crippen LogP contribution in [0.1, 0.15) is 12.5 Å². The van der Waals surface area contributed by atoms with Crippen molar-refractivity contribution in [3.63, 3.8) is 0 Å². The minimum atomic E-state index is -4.33. The number of ether oxygens (including phenoxy) is 1. The van der Waals surface area contributed by atoms with Crippen LogP contribution in [-0.2, 0) is 6.54 Å². The lowest BCUT2D eigenvalue weighted by Gasteiger charge is -2.15. The van der Waals surface area contributed by atoms with Crippen molar-refractivity contribution in [3.8, 4) is 5.75 Å². The Labute approximate surface area is 115 Å². The molecule has 2 nitrogen and oxygen atoms in total. The van der Waals surface area contributed by atoms with E-state index in [1.165, 1.54) is 0 Å². The van der Waals surface area contributed by atoms with Gasteiger partial charge in [-0.1, -0.05) is 37.3 Å². The average Bonchev–Trinajstić information content (AvgIpc) is 2.42. The van der Waals surface area contributed by atoms with Gasteiger partial charge in [-0.3, -0.25) is 0 Å². The maximum atomic E-state index is 12.3. The van der Waals surface area contributed by atoms with E-state index in [9.17, 15) is 13.2 Å². The lowest BCUT2D eigenvalue weighted by Crippen LogP contribution is -2.20. The zero-order valence-electron chi connectivity index (χ0n) is 11.1. The Morgan fingerprint density at radius 2 is 1.85 bits per heavy atom. The molecule has 0 heterocycles. The van der Waals surface area contributed by atoms with Crippen molar-refractivity contribution in [3.05, 3.63) is 42.0 Å². The molecule has 0 unspecified atom stereocenters. The van der Waals surface area contributed by atoms with Gasteiger partial charge in [0.05, 0.1) is 0 Å². The molecule has 108 valence electrons. The third-order valence-corrected chi connectivity index (χ3v) is 2.94. The van der Waals surface area contributed by atoms with Crippen LogP contribution < -0.4 is 10.1 Å². The fourth-order valence-corrected chi connectivity index (χ4v) is 2.04. The Kier molecular flexibility index (Phi) is 4.49. The Morgan fingerprint density at radius 3 is 2.55 bits per heavy atom. The number of benzene rings is 2. The summed E-state index contributed by atoms with van der Waals surface area (Å²) in [6.45, 7) is 1.89. The topological polar surface area (TPSA) is 21.3 Å². The first-order valence-electron chi connectivity index (χ1n) is 6.42. The maximum absolute atomic E-state index is 12.3. The van der Waals surface area contributed by atoms with Gasteiger partial charge in [0.15, 0.2) is 6.61 Å². The van der Waals surface area contributed by atoms with E-state index in [0.29, 0.717) is 6.54 Å². The summed E-state index contributed by atoms with van der Waals surface area (Å²) in [5.41, 5.74) is 0.759. The molecule has 0 spiro atoms.